The topological polar surface area (TPSA) is 86.2 Å². The van der Waals surface area contributed by atoms with Gasteiger partial charge >= 0.3 is 0 Å². The van der Waals surface area contributed by atoms with E-state index in [1.807, 2.05) is 31.2 Å². The molecule has 0 unspecified atom stereocenters. The molecule has 0 radical (unpaired) electrons. The van der Waals surface area contributed by atoms with Gasteiger partial charge in [0.1, 0.15) is 0 Å². The third-order valence-corrected chi connectivity index (χ3v) is 4.91. The minimum Gasteiger partial charge on any atom is -0.493 e. The summed E-state index contributed by atoms with van der Waals surface area (Å²) >= 11 is 0. The van der Waals surface area contributed by atoms with E-state index in [-0.39, 0.29) is 0 Å². The summed E-state index contributed by atoms with van der Waals surface area (Å²) in [6, 6.07) is 7.75. The lowest BCUT2D eigenvalue weighted by Crippen LogP contribution is -2.36. The van der Waals surface area contributed by atoms with Crippen molar-refractivity contribution in [1.82, 2.24) is 15.6 Å². The molecule has 1 aliphatic rings. The van der Waals surface area contributed by atoms with Crippen molar-refractivity contribution in [1.29, 1.82) is 0 Å². The molecule has 0 bridgehead atoms. The average Bonchev–Trinajstić information content (AvgIpc) is 3.63. The summed E-state index contributed by atoms with van der Waals surface area (Å²) in [7, 11) is 4.80. The van der Waals surface area contributed by atoms with Gasteiger partial charge in [0.2, 0.25) is 11.6 Å². The van der Waals surface area contributed by atoms with Crippen LogP contribution < -0.4 is 29.6 Å². The molecule has 2 N–H and O–H groups in total. The standard InChI is InChI=1S/C23H32N4O4/c1-5-24-23(26-13-17-8-9-25-21(12-17)31-15-16-6-7-16)27-14-18-10-19(28-2)22(30-4)20(11-18)29-3/h8-12,16H,5-7,13-15H2,1-4H3,(H2,24,26,27). The number of aliphatic imine (C=N–C) groups is 1. The van der Waals surface area contributed by atoms with Gasteiger partial charge in [-0.1, -0.05) is 0 Å². The number of aromatic nitrogens is 1. The number of hydrogen-bond donors (Lipinski definition) is 2. The minimum atomic E-state index is 0.456. The molecule has 8 heteroatoms. The summed E-state index contributed by atoms with van der Waals surface area (Å²) in [6.07, 6.45) is 4.30. The minimum absolute atomic E-state index is 0.456. The lowest BCUT2D eigenvalue weighted by atomic mass is 10.2. The number of hydrogen-bond acceptors (Lipinski definition) is 6. The van der Waals surface area contributed by atoms with Crippen molar-refractivity contribution < 1.29 is 18.9 Å². The van der Waals surface area contributed by atoms with Gasteiger partial charge in [0, 0.05) is 25.4 Å². The van der Waals surface area contributed by atoms with Gasteiger partial charge in [-0.2, -0.15) is 0 Å². The van der Waals surface area contributed by atoms with Gasteiger partial charge in [-0.15, -0.1) is 0 Å². The summed E-state index contributed by atoms with van der Waals surface area (Å²) in [5.41, 5.74) is 2.03. The van der Waals surface area contributed by atoms with Crippen LogP contribution in [-0.2, 0) is 13.1 Å². The van der Waals surface area contributed by atoms with Crippen LogP contribution in [0.5, 0.6) is 23.1 Å². The molecule has 168 valence electrons. The van der Waals surface area contributed by atoms with Crippen LogP contribution in [0.2, 0.25) is 0 Å². The average molecular weight is 429 g/mol. The highest BCUT2D eigenvalue weighted by atomic mass is 16.5. The lowest BCUT2D eigenvalue weighted by Gasteiger charge is -2.14. The third kappa shape index (κ3) is 6.67. The SMILES string of the molecule is CCNC(=NCc1cc(OC)c(OC)c(OC)c1)NCc1ccnc(OCC2CC2)c1. The van der Waals surface area contributed by atoms with Crippen LogP contribution in [0.15, 0.2) is 35.5 Å². The lowest BCUT2D eigenvalue weighted by molar-refractivity contribution is 0.288. The van der Waals surface area contributed by atoms with Crippen molar-refractivity contribution in [2.45, 2.75) is 32.9 Å². The first kappa shape index (κ1) is 22.5. The van der Waals surface area contributed by atoms with Crippen LogP contribution in [0.3, 0.4) is 0 Å². The number of benzene rings is 1. The van der Waals surface area contributed by atoms with Gasteiger partial charge in [0.25, 0.3) is 0 Å². The normalized spacial score (nSPS) is 13.5. The van der Waals surface area contributed by atoms with Crippen LogP contribution in [0.1, 0.15) is 30.9 Å². The van der Waals surface area contributed by atoms with Crippen molar-refractivity contribution in [3.05, 3.63) is 41.6 Å². The molecule has 1 aromatic heterocycles. The van der Waals surface area contributed by atoms with E-state index in [1.165, 1.54) is 12.8 Å². The Bertz CT molecular complexity index is 859. The van der Waals surface area contributed by atoms with Crippen LogP contribution in [0.4, 0.5) is 0 Å². The van der Waals surface area contributed by atoms with Gasteiger partial charge < -0.3 is 29.6 Å². The van der Waals surface area contributed by atoms with E-state index >= 15 is 0 Å². The molecular formula is C23H32N4O4. The Morgan fingerprint density at radius 1 is 1.03 bits per heavy atom. The Labute approximate surface area is 184 Å². The molecule has 2 aromatic rings. The number of nitrogens with zero attached hydrogens (tertiary/aromatic N) is 2. The molecule has 0 aliphatic heterocycles. The van der Waals surface area contributed by atoms with E-state index in [0.29, 0.717) is 48.1 Å². The van der Waals surface area contributed by atoms with Crippen LogP contribution >= 0.6 is 0 Å². The molecule has 0 amide bonds. The Kier molecular flexibility index (Phi) is 8.20. The van der Waals surface area contributed by atoms with Crippen LogP contribution in [-0.4, -0.2) is 45.4 Å². The van der Waals surface area contributed by atoms with Gasteiger partial charge in [-0.3, -0.25) is 0 Å². The predicted octanol–water partition coefficient (Wildman–Crippen LogP) is 3.15. The van der Waals surface area contributed by atoms with Crippen molar-refractivity contribution in [2.24, 2.45) is 10.9 Å². The largest absolute Gasteiger partial charge is 0.493 e. The van der Waals surface area contributed by atoms with Crippen molar-refractivity contribution >= 4 is 5.96 Å². The number of methoxy groups -OCH3 is 3. The van der Waals surface area contributed by atoms with E-state index in [4.69, 9.17) is 23.9 Å². The highest BCUT2D eigenvalue weighted by molar-refractivity contribution is 5.79. The van der Waals surface area contributed by atoms with Crippen LogP contribution in [0.25, 0.3) is 0 Å². The number of guanidine groups is 1. The number of pyridine rings is 1. The smallest absolute Gasteiger partial charge is 0.213 e. The second kappa shape index (κ2) is 11.3. The molecule has 1 aromatic carbocycles. The van der Waals surface area contributed by atoms with Crippen molar-refractivity contribution in [3.63, 3.8) is 0 Å². The Morgan fingerprint density at radius 3 is 2.39 bits per heavy atom. The van der Waals surface area contributed by atoms with Gasteiger partial charge in [-0.25, -0.2) is 9.98 Å². The Hall–Kier alpha value is -3.16. The third-order valence-electron chi connectivity index (χ3n) is 4.91. The first-order valence-electron chi connectivity index (χ1n) is 10.6. The maximum absolute atomic E-state index is 5.77. The molecule has 3 rings (SSSR count). The quantitative estimate of drug-likeness (QED) is 0.420. The summed E-state index contributed by atoms with van der Waals surface area (Å²) in [4.78, 5) is 8.99. The second-order valence-electron chi connectivity index (χ2n) is 7.34. The van der Waals surface area contributed by atoms with E-state index in [2.05, 4.69) is 15.6 Å². The first-order chi connectivity index (χ1) is 15.2. The molecule has 0 saturated heterocycles. The fraction of sp³-hybridized carbons (Fsp3) is 0.478. The summed E-state index contributed by atoms with van der Waals surface area (Å²) in [6.45, 7) is 4.62. The van der Waals surface area contributed by atoms with Gasteiger partial charge in [0.05, 0.1) is 34.5 Å². The number of rotatable bonds is 11. The van der Waals surface area contributed by atoms with Crippen molar-refractivity contribution in [2.75, 3.05) is 34.5 Å². The predicted molar refractivity (Wildman–Crippen MR) is 120 cm³/mol. The maximum atomic E-state index is 5.77. The summed E-state index contributed by atoms with van der Waals surface area (Å²) in [5, 5.41) is 6.63. The van der Waals surface area contributed by atoms with E-state index in [1.54, 1.807) is 27.5 Å². The van der Waals surface area contributed by atoms with E-state index in [0.717, 1.165) is 24.3 Å². The second-order valence-corrected chi connectivity index (χ2v) is 7.34. The first-order valence-corrected chi connectivity index (χ1v) is 10.6. The molecular weight excluding hydrogens is 396 g/mol. The fourth-order valence-electron chi connectivity index (χ4n) is 3.05. The number of ether oxygens (including phenoxy) is 4. The van der Waals surface area contributed by atoms with Gasteiger partial charge in [-0.05, 0) is 55.0 Å². The fourth-order valence-corrected chi connectivity index (χ4v) is 3.05. The molecule has 1 aliphatic carbocycles. The van der Waals surface area contributed by atoms with Gasteiger partial charge in [0.15, 0.2) is 17.5 Å². The van der Waals surface area contributed by atoms with E-state index in [9.17, 15) is 0 Å². The van der Waals surface area contributed by atoms with E-state index < -0.39 is 0 Å². The molecule has 0 spiro atoms. The monoisotopic (exact) mass is 428 g/mol. The molecule has 1 saturated carbocycles. The Morgan fingerprint density at radius 2 is 1.77 bits per heavy atom. The molecule has 1 fully saturated rings. The maximum Gasteiger partial charge on any atom is 0.213 e. The zero-order chi connectivity index (χ0) is 22.1. The summed E-state index contributed by atoms with van der Waals surface area (Å²) in [5.74, 6) is 3.88. The Balaban J connectivity index is 1.64. The zero-order valence-electron chi connectivity index (χ0n) is 18.7. The zero-order valence-corrected chi connectivity index (χ0v) is 18.7. The molecule has 31 heavy (non-hydrogen) atoms. The molecule has 8 nitrogen and oxygen atoms in total. The highest BCUT2D eigenvalue weighted by Gasteiger charge is 2.22. The highest BCUT2D eigenvalue weighted by Crippen LogP contribution is 2.38. The van der Waals surface area contributed by atoms with Crippen molar-refractivity contribution in [3.8, 4) is 23.1 Å². The van der Waals surface area contributed by atoms with Crippen LogP contribution in [0, 0.1) is 5.92 Å². The molecule has 1 heterocycles. The molecule has 0 atom stereocenters. The summed E-state index contributed by atoms with van der Waals surface area (Å²) < 4.78 is 22.0. The number of nitrogens with one attached hydrogen (secondary N) is 2.